The molecule has 0 bridgehead atoms. The first kappa shape index (κ1) is 11.2. The van der Waals surface area contributed by atoms with Crippen molar-refractivity contribution in [3.05, 3.63) is 0 Å². The zero-order valence-electron chi connectivity index (χ0n) is 4.13. The van der Waals surface area contributed by atoms with Gasteiger partial charge in [-0.1, -0.05) is 0 Å². The van der Waals surface area contributed by atoms with E-state index in [0.29, 0.717) is 0 Å². The van der Waals surface area contributed by atoms with Gasteiger partial charge >= 0.3 is 13.9 Å². The summed E-state index contributed by atoms with van der Waals surface area (Å²) >= 11 is 0. The smallest absolute Gasteiger partial charge is 0.465 e. The number of nitrogens with two attached hydrogens (primary N) is 1. The van der Waals surface area contributed by atoms with Crippen LogP contribution in [0.2, 0.25) is 0 Å². The number of carboxylic acid groups (broad SMARTS) is 1. The summed E-state index contributed by atoms with van der Waals surface area (Å²) in [6.07, 6.45) is -1.33. The quantitative estimate of drug-likeness (QED) is 0.278. The number of amides is 1. The molecule has 7 nitrogen and oxygen atoms in total. The van der Waals surface area contributed by atoms with Crippen molar-refractivity contribution < 1.29 is 29.1 Å². The molecular formula is CH6NO6P. The van der Waals surface area contributed by atoms with E-state index in [-0.39, 0.29) is 0 Å². The Bertz CT molecular complexity index is 113. The summed E-state index contributed by atoms with van der Waals surface area (Å²) in [4.78, 5) is 30.3. The first-order valence-corrected chi connectivity index (χ1v) is 3.06. The largest absolute Gasteiger partial charge is 0.466 e. The first-order valence-electron chi connectivity index (χ1n) is 1.50. The molecule has 1 amide bonds. The van der Waals surface area contributed by atoms with Crippen LogP contribution in [0, 0.1) is 0 Å². The number of hydrogen-bond acceptors (Lipinski definition) is 2. The van der Waals surface area contributed by atoms with Crippen LogP contribution in [0.25, 0.3) is 0 Å². The Hall–Kier alpha value is -0.620. The third-order valence-electron chi connectivity index (χ3n) is 0. The summed E-state index contributed by atoms with van der Waals surface area (Å²) in [5, 5.41) is 7.19. The van der Waals surface area contributed by atoms with E-state index in [0.717, 1.165) is 0 Å². The molecule has 6 N–H and O–H groups in total. The highest BCUT2D eigenvalue weighted by atomic mass is 31.2. The molecule has 0 aromatic heterocycles. The van der Waals surface area contributed by atoms with Gasteiger partial charge in [-0.3, -0.25) is 0 Å². The first-order chi connectivity index (χ1) is 3.73. The number of carbonyl (C=O) groups is 1. The van der Waals surface area contributed by atoms with Crippen molar-refractivity contribution in [1.82, 2.24) is 0 Å². The zero-order valence-corrected chi connectivity index (χ0v) is 5.02. The zero-order chi connectivity index (χ0) is 8.08. The van der Waals surface area contributed by atoms with Gasteiger partial charge in [0.2, 0.25) is 0 Å². The predicted octanol–water partition coefficient (Wildman–Crippen LogP) is -1.31. The summed E-state index contributed by atoms with van der Waals surface area (Å²) in [5.74, 6) is 0. The lowest BCUT2D eigenvalue weighted by molar-refractivity contribution is 0.205. The Labute approximate surface area is 50.0 Å². The summed E-state index contributed by atoms with van der Waals surface area (Å²) in [7, 11) is -4.64. The van der Waals surface area contributed by atoms with Gasteiger partial charge in [0, 0.05) is 0 Å². The lowest BCUT2D eigenvalue weighted by atomic mass is 11.3. The minimum atomic E-state index is -4.64. The van der Waals surface area contributed by atoms with Crippen molar-refractivity contribution in [1.29, 1.82) is 0 Å². The molecule has 0 rings (SSSR count). The lowest BCUT2D eigenvalue weighted by Crippen LogP contribution is -2.03. The molecule has 0 unspecified atom stereocenters. The highest BCUT2D eigenvalue weighted by molar-refractivity contribution is 7.45. The van der Waals surface area contributed by atoms with Crippen LogP contribution in [0.5, 0.6) is 0 Å². The Morgan fingerprint density at radius 3 is 1.33 bits per heavy atom. The Kier molecular flexibility index (Phi) is 5.33. The van der Waals surface area contributed by atoms with Crippen LogP contribution in [0.1, 0.15) is 0 Å². The summed E-state index contributed by atoms with van der Waals surface area (Å²) in [5.41, 5.74) is 4.03. The second-order valence-corrected chi connectivity index (χ2v) is 1.88. The monoisotopic (exact) mass is 159 g/mol. The van der Waals surface area contributed by atoms with Crippen molar-refractivity contribution in [2.75, 3.05) is 0 Å². The van der Waals surface area contributed by atoms with Crippen molar-refractivity contribution in [3.63, 3.8) is 0 Å². The number of rotatable bonds is 0. The van der Waals surface area contributed by atoms with Crippen molar-refractivity contribution in [2.45, 2.75) is 0 Å². The maximum atomic E-state index is 8.88. The van der Waals surface area contributed by atoms with E-state index in [9.17, 15) is 0 Å². The van der Waals surface area contributed by atoms with Crippen molar-refractivity contribution in [3.8, 4) is 0 Å². The third-order valence-corrected chi connectivity index (χ3v) is 0. The van der Waals surface area contributed by atoms with Crippen LogP contribution in [0.15, 0.2) is 0 Å². The van der Waals surface area contributed by atoms with E-state index in [1.807, 2.05) is 0 Å². The minimum Gasteiger partial charge on any atom is -0.465 e. The molecule has 0 atom stereocenters. The van der Waals surface area contributed by atoms with Gasteiger partial charge in [-0.2, -0.15) is 0 Å². The molecule has 0 spiro atoms. The maximum absolute atomic E-state index is 8.88. The summed E-state index contributed by atoms with van der Waals surface area (Å²) < 4.78 is 8.88. The van der Waals surface area contributed by atoms with Crippen LogP contribution in [-0.4, -0.2) is 25.9 Å². The Morgan fingerprint density at radius 2 is 1.33 bits per heavy atom. The van der Waals surface area contributed by atoms with Gasteiger partial charge in [-0.25, -0.2) is 9.36 Å². The van der Waals surface area contributed by atoms with E-state index in [1.165, 1.54) is 0 Å². The van der Waals surface area contributed by atoms with E-state index in [4.69, 9.17) is 29.1 Å². The molecule has 0 saturated heterocycles. The van der Waals surface area contributed by atoms with E-state index >= 15 is 0 Å². The summed E-state index contributed by atoms with van der Waals surface area (Å²) in [6.45, 7) is 0. The van der Waals surface area contributed by atoms with Gasteiger partial charge in [-0.05, 0) is 0 Å². The van der Waals surface area contributed by atoms with Crippen molar-refractivity contribution in [2.24, 2.45) is 5.73 Å². The van der Waals surface area contributed by atoms with Gasteiger partial charge in [-0.15, -0.1) is 0 Å². The average molecular weight is 159 g/mol. The second kappa shape index (κ2) is 4.28. The fraction of sp³-hybridized carbons (Fsp3) is 0. The van der Waals surface area contributed by atoms with E-state index < -0.39 is 13.9 Å². The van der Waals surface area contributed by atoms with E-state index in [1.54, 1.807) is 0 Å². The number of hydrogen-bond donors (Lipinski definition) is 5. The fourth-order valence-electron chi connectivity index (χ4n) is 0. The highest BCUT2D eigenvalue weighted by Gasteiger charge is 2.00. The second-order valence-electron chi connectivity index (χ2n) is 0.852. The molecule has 0 aromatic rings. The number of phosphoric acid groups is 1. The van der Waals surface area contributed by atoms with Crippen LogP contribution >= 0.6 is 7.82 Å². The lowest BCUT2D eigenvalue weighted by Gasteiger charge is -1.82. The van der Waals surface area contributed by atoms with E-state index in [2.05, 4.69) is 5.73 Å². The molecule has 0 saturated carbocycles. The van der Waals surface area contributed by atoms with Crippen molar-refractivity contribution >= 4 is 13.9 Å². The molecule has 0 fully saturated rings. The summed E-state index contributed by atoms with van der Waals surface area (Å²) in [6, 6.07) is 0. The Balaban J connectivity index is 0. The highest BCUT2D eigenvalue weighted by Crippen LogP contribution is 2.25. The van der Waals surface area contributed by atoms with Crippen LogP contribution in [0.3, 0.4) is 0 Å². The third kappa shape index (κ3) is 556. The van der Waals surface area contributed by atoms with Gasteiger partial charge < -0.3 is 25.5 Å². The van der Waals surface area contributed by atoms with Gasteiger partial charge in [0.25, 0.3) is 0 Å². The molecular weight excluding hydrogens is 153 g/mol. The van der Waals surface area contributed by atoms with Crippen LogP contribution < -0.4 is 5.73 Å². The standard InChI is InChI=1S/CH3NO2.H3O4P/c2-1(3)4;1-5(2,3)4/h2H2,(H,3,4);(H3,1,2,3,4). The minimum absolute atomic E-state index is 1.33. The molecule has 0 aromatic carbocycles. The van der Waals surface area contributed by atoms with Gasteiger partial charge in [0.05, 0.1) is 0 Å². The molecule has 0 aliphatic heterocycles. The molecule has 8 heteroatoms. The molecule has 9 heavy (non-hydrogen) atoms. The Morgan fingerprint density at radius 1 is 1.33 bits per heavy atom. The topological polar surface area (TPSA) is 141 Å². The average Bonchev–Trinajstić information content (AvgIpc) is 1.19. The molecule has 0 radical (unpaired) electrons. The fourth-order valence-corrected chi connectivity index (χ4v) is 0. The maximum Gasteiger partial charge on any atom is 0.466 e. The molecule has 0 heterocycles. The predicted molar refractivity (Wildman–Crippen MR) is 26.5 cm³/mol. The van der Waals surface area contributed by atoms with Gasteiger partial charge in [0.1, 0.15) is 0 Å². The van der Waals surface area contributed by atoms with Crippen LogP contribution in [-0.2, 0) is 4.57 Å². The van der Waals surface area contributed by atoms with Gasteiger partial charge in [0.15, 0.2) is 0 Å². The normalized spacial score (nSPS) is 9.22. The van der Waals surface area contributed by atoms with Crippen LogP contribution in [0.4, 0.5) is 4.79 Å². The molecule has 0 aliphatic carbocycles. The SMILES string of the molecule is NC(=O)O.O=P(O)(O)O. The number of primary amides is 1. The molecule has 56 valence electrons. The molecule has 0 aliphatic rings.